The first kappa shape index (κ1) is 20.6. The minimum absolute atomic E-state index is 0. The van der Waals surface area contributed by atoms with E-state index in [1.165, 1.54) is 24.8 Å². The van der Waals surface area contributed by atoms with Crippen molar-refractivity contribution in [3.63, 3.8) is 0 Å². The zero-order valence-corrected chi connectivity index (χ0v) is 16.7. The summed E-state index contributed by atoms with van der Waals surface area (Å²) in [6.07, 6.45) is 6.74. The lowest BCUT2D eigenvalue weighted by Crippen LogP contribution is -2.52. The lowest BCUT2D eigenvalue weighted by atomic mass is 9.63. The molecule has 1 heterocycles. The van der Waals surface area contributed by atoms with Gasteiger partial charge >= 0.3 is 0 Å². The molecule has 1 aliphatic carbocycles. The number of halogens is 1. The van der Waals surface area contributed by atoms with Gasteiger partial charge in [-0.1, -0.05) is 30.7 Å². The molecule has 2 fully saturated rings. The number of nitro groups is 1. The van der Waals surface area contributed by atoms with Crippen LogP contribution < -0.4 is 0 Å². The normalized spacial score (nSPS) is 24.4. The molecule has 1 aliphatic heterocycles. The molecule has 28 heavy (non-hydrogen) atoms. The number of benzene rings is 2. The number of nitro benzene ring substituents is 1. The Hall–Kier alpha value is -2.11. The van der Waals surface area contributed by atoms with Gasteiger partial charge in [0.1, 0.15) is 5.75 Å². The van der Waals surface area contributed by atoms with E-state index in [4.69, 9.17) is 0 Å². The molecule has 2 atom stereocenters. The molecule has 4 rings (SSSR count). The maximum Gasteiger partial charge on any atom is 0.269 e. The number of hydrogen-bond donors (Lipinski definition) is 1. The highest BCUT2D eigenvalue weighted by Crippen LogP contribution is 2.47. The zero-order chi connectivity index (χ0) is 18.9. The lowest BCUT2D eigenvalue weighted by Gasteiger charge is -2.51. The maximum absolute atomic E-state index is 11.0. The fourth-order valence-electron chi connectivity index (χ4n) is 5.05. The van der Waals surface area contributed by atoms with Gasteiger partial charge in [0.05, 0.1) is 4.92 Å². The Morgan fingerprint density at radius 1 is 1.18 bits per heavy atom. The molecule has 150 valence electrons. The third-order valence-corrected chi connectivity index (χ3v) is 6.48. The van der Waals surface area contributed by atoms with Gasteiger partial charge in [-0.3, -0.25) is 15.0 Å². The summed E-state index contributed by atoms with van der Waals surface area (Å²) in [5.41, 5.74) is 2.69. The SMILES string of the molecule is Cl.O=[N+]([O-])c1cccc(CCN2CC[C@]3(c4cccc(O)c4)CCC[C@H]2C3)c1. The van der Waals surface area contributed by atoms with Gasteiger partial charge in [-0.05, 0) is 67.3 Å². The molecular weight excluding hydrogens is 376 g/mol. The second-order valence-electron chi connectivity index (χ2n) is 8.04. The summed E-state index contributed by atoms with van der Waals surface area (Å²) < 4.78 is 0. The first-order chi connectivity index (χ1) is 13.1. The summed E-state index contributed by atoms with van der Waals surface area (Å²) in [6.45, 7) is 2.00. The van der Waals surface area contributed by atoms with Crippen molar-refractivity contribution in [1.29, 1.82) is 0 Å². The lowest BCUT2D eigenvalue weighted by molar-refractivity contribution is -0.384. The number of phenols is 1. The summed E-state index contributed by atoms with van der Waals surface area (Å²) in [6, 6.07) is 15.4. The average molecular weight is 403 g/mol. The van der Waals surface area contributed by atoms with Crippen LogP contribution in [0.4, 0.5) is 5.69 Å². The van der Waals surface area contributed by atoms with Crippen LogP contribution in [0.3, 0.4) is 0 Å². The first-order valence-corrected chi connectivity index (χ1v) is 9.83. The van der Waals surface area contributed by atoms with E-state index in [1.54, 1.807) is 24.3 Å². The monoisotopic (exact) mass is 402 g/mol. The molecule has 0 unspecified atom stereocenters. The van der Waals surface area contributed by atoms with Crippen molar-refractivity contribution < 1.29 is 10.0 Å². The minimum Gasteiger partial charge on any atom is -0.508 e. The van der Waals surface area contributed by atoms with Crippen LogP contribution >= 0.6 is 12.4 Å². The molecule has 1 saturated carbocycles. The molecule has 1 saturated heterocycles. The fourth-order valence-corrected chi connectivity index (χ4v) is 5.05. The van der Waals surface area contributed by atoms with Crippen LogP contribution in [0.5, 0.6) is 5.75 Å². The first-order valence-electron chi connectivity index (χ1n) is 9.83. The molecule has 1 N–H and O–H groups in total. The molecule has 2 bridgehead atoms. The minimum atomic E-state index is -0.324. The largest absolute Gasteiger partial charge is 0.508 e. The number of hydrogen-bond acceptors (Lipinski definition) is 4. The molecule has 2 aromatic carbocycles. The van der Waals surface area contributed by atoms with Gasteiger partial charge in [0.25, 0.3) is 5.69 Å². The highest BCUT2D eigenvalue weighted by molar-refractivity contribution is 5.85. The topological polar surface area (TPSA) is 66.6 Å². The van der Waals surface area contributed by atoms with Gasteiger partial charge in [-0.15, -0.1) is 12.4 Å². The van der Waals surface area contributed by atoms with E-state index in [0.717, 1.165) is 37.9 Å². The average Bonchev–Trinajstić information content (AvgIpc) is 2.68. The second kappa shape index (κ2) is 8.50. The molecule has 0 radical (unpaired) electrons. The van der Waals surface area contributed by atoms with Crippen LogP contribution in [0.2, 0.25) is 0 Å². The van der Waals surface area contributed by atoms with E-state index >= 15 is 0 Å². The summed E-state index contributed by atoms with van der Waals surface area (Å²) >= 11 is 0. The summed E-state index contributed by atoms with van der Waals surface area (Å²) in [5, 5.41) is 20.9. The Morgan fingerprint density at radius 2 is 2.00 bits per heavy atom. The van der Waals surface area contributed by atoms with E-state index in [-0.39, 0.29) is 28.4 Å². The van der Waals surface area contributed by atoms with Crippen LogP contribution in [0.1, 0.15) is 43.2 Å². The van der Waals surface area contributed by atoms with Crippen molar-refractivity contribution >= 4 is 18.1 Å². The number of likely N-dealkylation sites (tertiary alicyclic amines) is 1. The van der Waals surface area contributed by atoms with Gasteiger partial charge < -0.3 is 5.11 Å². The van der Waals surface area contributed by atoms with Gasteiger partial charge in [0.15, 0.2) is 0 Å². The molecule has 2 aromatic rings. The van der Waals surface area contributed by atoms with Crippen LogP contribution in [0.15, 0.2) is 48.5 Å². The molecule has 0 amide bonds. The Labute approximate surface area is 171 Å². The van der Waals surface area contributed by atoms with Crippen molar-refractivity contribution in [3.05, 3.63) is 69.8 Å². The molecule has 0 spiro atoms. The number of piperidine rings is 1. The van der Waals surface area contributed by atoms with Crippen molar-refractivity contribution in [2.75, 3.05) is 13.1 Å². The van der Waals surface area contributed by atoms with E-state index in [9.17, 15) is 15.2 Å². The van der Waals surface area contributed by atoms with Crippen LogP contribution in [0.25, 0.3) is 0 Å². The highest BCUT2D eigenvalue weighted by atomic mass is 35.5. The van der Waals surface area contributed by atoms with E-state index in [2.05, 4.69) is 11.0 Å². The van der Waals surface area contributed by atoms with Crippen LogP contribution in [-0.2, 0) is 11.8 Å². The van der Waals surface area contributed by atoms with Crippen molar-refractivity contribution in [2.45, 2.75) is 50.0 Å². The Morgan fingerprint density at radius 3 is 2.79 bits per heavy atom. The Bertz CT molecular complexity index is 844. The van der Waals surface area contributed by atoms with Crippen molar-refractivity contribution in [1.82, 2.24) is 4.90 Å². The van der Waals surface area contributed by atoms with Crippen molar-refractivity contribution in [2.24, 2.45) is 0 Å². The molecule has 0 aromatic heterocycles. The molecule has 5 nitrogen and oxygen atoms in total. The van der Waals surface area contributed by atoms with Crippen molar-refractivity contribution in [3.8, 4) is 5.75 Å². The van der Waals surface area contributed by atoms with Gasteiger partial charge in [0, 0.05) is 24.7 Å². The quantitative estimate of drug-likeness (QED) is 0.573. The van der Waals surface area contributed by atoms with Crippen LogP contribution in [0, 0.1) is 10.1 Å². The van der Waals surface area contributed by atoms with E-state index < -0.39 is 0 Å². The molecule has 6 heteroatoms. The third-order valence-electron chi connectivity index (χ3n) is 6.48. The predicted octanol–water partition coefficient (Wildman–Crippen LogP) is 4.85. The number of rotatable bonds is 5. The summed E-state index contributed by atoms with van der Waals surface area (Å²) in [5.74, 6) is 0.358. The number of nitrogens with zero attached hydrogens (tertiary/aromatic N) is 2. The summed E-state index contributed by atoms with van der Waals surface area (Å²) in [7, 11) is 0. The highest BCUT2D eigenvalue weighted by Gasteiger charge is 2.43. The van der Waals surface area contributed by atoms with E-state index in [0.29, 0.717) is 11.8 Å². The fraction of sp³-hybridized carbons (Fsp3) is 0.455. The second-order valence-corrected chi connectivity index (χ2v) is 8.04. The smallest absolute Gasteiger partial charge is 0.269 e. The van der Waals surface area contributed by atoms with Crippen LogP contribution in [-0.4, -0.2) is 34.1 Å². The standard InChI is InChI=1S/C22H26N2O3.ClH/c25-21-8-2-5-18(15-21)22-10-3-7-20(16-22)23(13-11-22)12-9-17-4-1-6-19(14-17)24(26)27;/h1-2,4-6,8,14-15,20,25H,3,7,9-13,16H2;1H/t20-,22+;/m0./s1. The number of phenolic OH excluding ortho intramolecular Hbond substituents is 1. The molecular formula is C22H27ClN2O3. The molecule has 2 aliphatic rings. The number of aromatic hydroxyl groups is 1. The Balaban J connectivity index is 0.00000225. The predicted molar refractivity (Wildman–Crippen MR) is 112 cm³/mol. The number of fused-ring (bicyclic) bond motifs is 2. The Kier molecular flexibility index (Phi) is 6.26. The van der Waals surface area contributed by atoms with Gasteiger partial charge in [-0.2, -0.15) is 0 Å². The third kappa shape index (κ3) is 4.15. The van der Waals surface area contributed by atoms with Gasteiger partial charge in [-0.25, -0.2) is 0 Å². The number of non-ortho nitro benzene ring substituents is 1. The maximum atomic E-state index is 11.0. The zero-order valence-electron chi connectivity index (χ0n) is 15.9. The van der Waals surface area contributed by atoms with E-state index in [1.807, 2.05) is 18.2 Å². The van der Waals surface area contributed by atoms with Gasteiger partial charge in [0.2, 0.25) is 0 Å². The summed E-state index contributed by atoms with van der Waals surface area (Å²) in [4.78, 5) is 13.2.